The van der Waals surface area contributed by atoms with E-state index in [1.165, 1.54) is 42.2 Å². The van der Waals surface area contributed by atoms with Crippen LogP contribution in [0.2, 0.25) is 0 Å². The Balaban J connectivity index is 1.46. The van der Waals surface area contributed by atoms with Gasteiger partial charge in [-0.2, -0.15) is 0 Å². The highest BCUT2D eigenvalue weighted by molar-refractivity contribution is 7.92. The van der Waals surface area contributed by atoms with Crippen LogP contribution in [0.1, 0.15) is 22.8 Å². The summed E-state index contributed by atoms with van der Waals surface area (Å²) in [4.78, 5) is 17.4. The van der Waals surface area contributed by atoms with Gasteiger partial charge in [0.1, 0.15) is 5.75 Å². The standard InChI is InChI=1S/C25H23N3O4S2/c1-3-17-7-9-18(10-8-17)23-16-33-25(26-23)27-24(29)19-5-4-6-20(15-19)28-34(30,31)22-13-11-21(32-2)12-14-22/h4-16,28H,3H2,1-2H3,(H,26,27,29). The molecule has 3 aromatic carbocycles. The summed E-state index contributed by atoms with van der Waals surface area (Å²) in [7, 11) is -2.31. The van der Waals surface area contributed by atoms with Crippen LogP contribution in [0, 0.1) is 0 Å². The summed E-state index contributed by atoms with van der Waals surface area (Å²) in [6, 6.07) is 20.5. The normalized spacial score (nSPS) is 11.1. The smallest absolute Gasteiger partial charge is 0.261 e. The zero-order valence-corrected chi connectivity index (χ0v) is 20.2. The number of aromatic nitrogens is 1. The van der Waals surface area contributed by atoms with E-state index in [1.54, 1.807) is 30.3 Å². The fraction of sp³-hybridized carbons (Fsp3) is 0.120. The van der Waals surface area contributed by atoms with Gasteiger partial charge < -0.3 is 4.74 Å². The Morgan fingerprint density at radius 2 is 1.76 bits per heavy atom. The number of carbonyl (C=O) groups excluding carboxylic acids is 1. The van der Waals surface area contributed by atoms with Gasteiger partial charge in [0, 0.05) is 22.2 Å². The number of hydrogen-bond donors (Lipinski definition) is 2. The van der Waals surface area contributed by atoms with E-state index in [-0.39, 0.29) is 16.5 Å². The minimum atomic E-state index is -3.82. The fourth-order valence-electron chi connectivity index (χ4n) is 3.24. The van der Waals surface area contributed by atoms with Gasteiger partial charge in [-0.3, -0.25) is 14.8 Å². The Labute approximate surface area is 202 Å². The molecule has 0 aliphatic carbocycles. The molecule has 174 valence electrons. The molecule has 9 heteroatoms. The van der Waals surface area contributed by atoms with Crippen molar-refractivity contribution in [3.8, 4) is 17.0 Å². The Kier molecular flexibility index (Phi) is 6.95. The van der Waals surface area contributed by atoms with Gasteiger partial charge in [0.2, 0.25) is 0 Å². The van der Waals surface area contributed by atoms with Crippen LogP contribution in [0.4, 0.5) is 10.8 Å². The summed E-state index contributed by atoms with van der Waals surface area (Å²) in [6.45, 7) is 2.10. The molecule has 0 unspecified atom stereocenters. The first-order valence-corrected chi connectivity index (χ1v) is 12.9. The van der Waals surface area contributed by atoms with E-state index < -0.39 is 10.0 Å². The predicted molar refractivity (Wildman–Crippen MR) is 135 cm³/mol. The fourth-order valence-corrected chi connectivity index (χ4v) is 5.00. The van der Waals surface area contributed by atoms with E-state index in [4.69, 9.17) is 4.74 Å². The molecule has 4 aromatic rings. The lowest BCUT2D eigenvalue weighted by atomic mass is 10.1. The predicted octanol–water partition coefficient (Wildman–Crippen LogP) is 5.43. The topological polar surface area (TPSA) is 97.4 Å². The summed E-state index contributed by atoms with van der Waals surface area (Å²) in [5.41, 5.74) is 3.58. The Hall–Kier alpha value is -3.69. The quantitative estimate of drug-likeness (QED) is 0.341. The van der Waals surface area contributed by atoms with Crippen LogP contribution < -0.4 is 14.8 Å². The highest BCUT2D eigenvalue weighted by atomic mass is 32.2. The van der Waals surface area contributed by atoms with Crippen LogP contribution in [0.25, 0.3) is 11.3 Å². The minimum Gasteiger partial charge on any atom is -0.497 e. The summed E-state index contributed by atoms with van der Waals surface area (Å²) in [5, 5.41) is 5.13. The van der Waals surface area contributed by atoms with Gasteiger partial charge in [-0.15, -0.1) is 11.3 Å². The molecule has 0 atom stereocenters. The van der Waals surface area contributed by atoms with Crippen LogP contribution in [0.5, 0.6) is 5.75 Å². The SMILES string of the molecule is CCc1ccc(-c2csc(NC(=O)c3cccc(NS(=O)(=O)c4ccc(OC)cc4)c3)n2)cc1. The zero-order valence-electron chi connectivity index (χ0n) is 18.6. The number of carbonyl (C=O) groups is 1. The lowest BCUT2D eigenvalue weighted by molar-refractivity contribution is 0.102. The first-order chi connectivity index (χ1) is 16.4. The van der Waals surface area contributed by atoms with Crippen molar-refractivity contribution < 1.29 is 17.9 Å². The summed E-state index contributed by atoms with van der Waals surface area (Å²) in [6.07, 6.45) is 0.966. The summed E-state index contributed by atoms with van der Waals surface area (Å²) in [5.74, 6) is 0.175. The number of anilines is 2. The van der Waals surface area contributed by atoms with Crippen molar-refractivity contribution in [2.45, 2.75) is 18.2 Å². The van der Waals surface area contributed by atoms with Crippen molar-refractivity contribution in [2.24, 2.45) is 0 Å². The lowest BCUT2D eigenvalue weighted by Crippen LogP contribution is -2.15. The number of thiazole rings is 1. The molecule has 0 saturated carbocycles. The number of sulfonamides is 1. The molecule has 1 amide bonds. The Morgan fingerprint density at radius 1 is 1.03 bits per heavy atom. The van der Waals surface area contributed by atoms with Gasteiger partial charge in [-0.25, -0.2) is 13.4 Å². The van der Waals surface area contributed by atoms with Crippen molar-refractivity contribution >= 4 is 38.1 Å². The van der Waals surface area contributed by atoms with E-state index in [2.05, 4.69) is 34.1 Å². The number of amides is 1. The van der Waals surface area contributed by atoms with E-state index in [1.807, 2.05) is 17.5 Å². The van der Waals surface area contributed by atoms with Gasteiger partial charge in [-0.05, 0) is 54.4 Å². The maximum atomic E-state index is 12.8. The average molecular weight is 494 g/mol. The second-order valence-corrected chi connectivity index (χ2v) is 9.94. The monoisotopic (exact) mass is 493 g/mol. The average Bonchev–Trinajstić information content (AvgIpc) is 3.32. The molecule has 0 aliphatic heterocycles. The largest absolute Gasteiger partial charge is 0.497 e. The second kappa shape index (κ2) is 10.1. The van der Waals surface area contributed by atoms with Crippen molar-refractivity contribution in [2.75, 3.05) is 17.1 Å². The van der Waals surface area contributed by atoms with Gasteiger partial charge in [0.15, 0.2) is 5.13 Å². The van der Waals surface area contributed by atoms with Crippen LogP contribution in [-0.4, -0.2) is 26.4 Å². The van der Waals surface area contributed by atoms with Crippen molar-refractivity contribution in [1.82, 2.24) is 4.98 Å². The molecule has 7 nitrogen and oxygen atoms in total. The van der Waals surface area contributed by atoms with E-state index >= 15 is 0 Å². The van der Waals surface area contributed by atoms with Crippen molar-refractivity contribution in [3.63, 3.8) is 0 Å². The molecule has 4 rings (SSSR count). The minimum absolute atomic E-state index is 0.0884. The number of nitrogens with one attached hydrogen (secondary N) is 2. The zero-order chi connectivity index (χ0) is 24.1. The maximum absolute atomic E-state index is 12.8. The molecule has 0 radical (unpaired) electrons. The third-order valence-corrected chi connectivity index (χ3v) is 7.28. The molecule has 1 heterocycles. The third-order valence-electron chi connectivity index (χ3n) is 5.13. The number of benzene rings is 3. The summed E-state index contributed by atoms with van der Waals surface area (Å²) >= 11 is 1.33. The van der Waals surface area contributed by atoms with Crippen LogP contribution in [0.15, 0.2) is 83.1 Å². The maximum Gasteiger partial charge on any atom is 0.261 e. The van der Waals surface area contributed by atoms with Crippen molar-refractivity contribution in [1.29, 1.82) is 0 Å². The number of methoxy groups -OCH3 is 1. The number of hydrogen-bond acceptors (Lipinski definition) is 6. The molecule has 0 aliphatic rings. The number of rotatable bonds is 8. The molecule has 0 saturated heterocycles. The van der Waals surface area contributed by atoms with Gasteiger partial charge in [0.25, 0.3) is 15.9 Å². The van der Waals surface area contributed by atoms with E-state index in [0.717, 1.165) is 17.7 Å². The first-order valence-electron chi connectivity index (χ1n) is 10.5. The lowest BCUT2D eigenvalue weighted by Gasteiger charge is -2.10. The molecule has 1 aromatic heterocycles. The van der Waals surface area contributed by atoms with Crippen LogP contribution >= 0.6 is 11.3 Å². The molecule has 0 fully saturated rings. The highest BCUT2D eigenvalue weighted by Gasteiger charge is 2.16. The van der Waals surface area contributed by atoms with Crippen molar-refractivity contribution in [3.05, 3.63) is 89.3 Å². The molecule has 0 bridgehead atoms. The van der Waals surface area contributed by atoms with E-state index in [0.29, 0.717) is 16.4 Å². The highest BCUT2D eigenvalue weighted by Crippen LogP contribution is 2.26. The summed E-state index contributed by atoms with van der Waals surface area (Å²) < 4.78 is 32.9. The molecular formula is C25H23N3O4S2. The molecule has 2 N–H and O–H groups in total. The van der Waals surface area contributed by atoms with E-state index in [9.17, 15) is 13.2 Å². The number of aryl methyl sites for hydroxylation is 1. The number of nitrogens with zero attached hydrogens (tertiary/aromatic N) is 1. The van der Waals surface area contributed by atoms with Gasteiger partial charge in [0.05, 0.1) is 17.7 Å². The Morgan fingerprint density at radius 3 is 2.44 bits per heavy atom. The Bertz CT molecular complexity index is 1400. The molecular weight excluding hydrogens is 470 g/mol. The third kappa shape index (κ3) is 5.44. The van der Waals surface area contributed by atoms with Crippen LogP contribution in [0.3, 0.4) is 0 Å². The second-order valence-electron chi connectivity index (χ2n) is 7.40. The van der Waals surface area contributed by atoms with Gasteiger partial charge in [-0.1, -0.05) is 37.3 Å². The van der Waals surface area contributed by atoms with Gasteiger partial charge >= 0.3 is 0 Å². The number of ether oxygens (including phenoxy) is 1. The molecule has 0 spiro atoms. The first kappa shape index (κ1) is 23.5. The van der Waals surface area contributed by atoms with Crippen LogP contribution in [-0.2, 0) is 16.4 Å². The molecule has 34 heavy (non-hydrogen) atoms.